The second-order valence-corrected chi connectivity index (χ2v) is 4.83. The minimum absolute atomic E-state index is 0.191. The normalized spacial score (nSPS) is 12.2. The van der Waals surface area contributed by atoms with E-state index in [0.29, 0.717) is 12.8 Å². The maximum Gasteiger partial charge on any atom is 0.305 e. The van der Waals surface area contributed by atoms with E-state index < -0.39 is 0 Å². The van der Waals surface area contributed by atoms with Crippen molar-refractivity contribution in [3.63, 3.8) is 0 Å². The van der Waals surface area contributed by atoms with Crippen LogP contribution >= 0.6 is 0 Å². The smallest absolute Gasteiger partial charge is 0.305 e. The second-order valence-electron chi connectivity index (χ2n) is 4.83. The Hall–Kier alpha value is -1.35. The Bertz CT molecular complexity index is 370. The number of methoxy groups -OCH3 is 1. The molecule has 0 heterocycles. The zero-order valence-corrected chi connectivity index (χ0v) is 11.9. The van der Waals surface area contributed by atoms with E-state index in [1.54, 1.807) is 0 Å². The van der Waals surface area contributed by atoms with Gasteiger partial charge in [0.05, 0.1) is 13.2 Å². The van der Waals surface area contributed by atoms with Gasteiger partial charge < -0.3 is 9.84 Å². The summed E-state index contributed by atoms with van der Waals surface area (Å²) in [5.41, 5.74) is 2.05. The molecular formula is C16H24O3. The molecule has 3 heteroatoms. The number of aliphatic hydroxyl groups excluding tert-OH is 1. The fraction of sp³-hybridized carbons (Fsp3) is 0.562. The quantitative estimate of drug-likeness (QED) is 0.578. The molecule has 1 atom stereocenters. The molecule has 0 spiro atoms. The molecule has 0 bridgehead atoms. The van der Waals surface area contributed by atoms with Gasteiger partial charge in [-0.05, 0) is 24.0 Å². The van der Waals surface area contributed by atoms with Gasteiger partial charge in [-0.3, -0.25) is 4.79 Å². The van der Waals surface area contributed by atoms with E-state index in [0.717, 1.165) is 30.4 Å². The summed E-state index contributed by atoms with van der Waals surface area (Å²) in [5, 5.41) is 10.0. The fourth-order valence-corrected chi connectivity index (χ4v) is 2.01. The van der Waals surface area contributed by atoms with Crippen molar-refractivity contribution in [2.75, 3.05) is 7.11 Å². The number of unbranched alkanes of at least 4 members (excludes halogenated alkanes) is 2. The topological polar surface area (TPSA) is 46.5 Å². The molecule has 0 radical (unpaired) electrons. The van der Waals surface area contributed by atoms with Gasteiger partial charge in [0.15, 0.2) is 0 Å². The van der Waals surface area contributed by atoms with Crippen molar-refractivity contribution >= 4 is 5.97 Å². The molecule has 1 aromatic carbocycles. The van der Waals surface area contributed by atoms with Gasteiger partial charge in [-0.25, -0.2) is 0 Å². The monoisotopic (exact) mass is 264 g/mol. The van der Waals surface area contributed by atoms with Gasteiger partial charge in [0.2, 0.25) is 0 Å². The highest BCUT2D eigenvalue weighted by Gasteiger charge is 2.07. The summed E-state index contributed by atoms with van der Waals surface area (Å²) in [7, 11) is 1.40. The van der Waals surface area contributed by atoms with Crippen molar-refractivity contribution in [1.29, 1.82) is 0 Å². The lowest BCUT2D eigenvalue weighted by molar-refractivity contribution is -0.140. The highest BCUT2D eigenvalue weighted by Crippen LogP contribution is 2.20. The summed E-state index contributed by atoms with van der Waals surface area (Å²) in [6.07, 6.45) is 4.90. The standard InChI is InChI=1S/C16H24O3/c1-3-4-5-6-15(17)14-10-7-13(8-11-14)9-12-16(18)19-2/h7-8,10-11,15,17H,3-6,9,12H2,1-2H3. The van der Waals surface area contributed by atoms with Crippen LogP contribution in [0.15, 0.2) is 24.3 Å². The van der Waals surface area contributed by atoms with Crippen LogP contribution in [0.25, 0.3) is 0 Å². The van der Waals surface area contributed by atoms with Gasteiger partial charge in [0, 0.05) is 6.42 Å². The predicted octanol–water partition coefficient (Wildman–Crippen LogP) is 3.41. The van der Waals surface area contributed by atoms with Crippen LogP contribution in [-0.4, -0.2) is 18.2 Å². The molecule has 0 aliphatic heterocycles. The summed E-state index contributed by atoms with van der Waals surface area (Å²) in [6, 6.07) is 7.84. The van der Waals surface area contributed by atoms with E-state index >= 15 is 0 Å². The van der Waals surface area contributed by atoms with E-state index in [9.17, 15) is 9.90 Å². The summed E-state index contributed by atoms with van der Waals surface area (Å²) >= 11 is 0. The number of esters is 1. The molecule has 1 unspecified atom stereocenters. The SMILES string of the molecule is CCCCCC(O)c1ccc(CCC(=O)OC)cc1. The molecule has 19 heavy (non-hydrogen) atoms. The Morgan fingerprint density at radius 3 is 2.53 bits per heavy atom. The number of aliphatic hydroxyl groups is 1. The van der Waals surface area contributed by atoms with E-state index in [1.807, 2.05) is 24.3 Å². The minimum atomic E-state index is -0.374. The van der Waals surface area contributed by atoms with Gasteiger partial charge in [-0.15, -0.1) is 0 Å². The third-order valence-electron chi connectivity index (χ3n) is 3.29. The molecule has 106 valence electrons. The lowest BCUT2D eigenvalue weighted by atomic mass is 10.0. The van der Waals surface area contributed by atoms with Crippen molar-refractivity contribution in [1.82, 2.24) is 0 Å². The Morgan fingerprint density at radius 2 is 1.95 bits per heavy atom. The lowest BCUT2D eigenvalue weighted by Crippen LogP contribution is -2.02. The molecule has 0 aliphatic carbocycles. The molecule has 0 fully saturated rings. The van der Waals surface area contributed by atoms with Crippen LogP contribution in [0.3, 0.4) is 0 Å². The van der Waals surface area contributed by atoms with Crippen LogP contribution < -0.4 is 0 Å². The predicted molar refractivity (Wildman–Crippen MR) is 75.9 cm³/mol. The van der Waals surface area contributed by atoms with E-state index in [-0.39, 0.29) is 12.1 Å². The van der Waals surface area contributed by atoms with Crippen LogP contribution in [0.5, 0.6) is 0 Å². The molecular weight excluding hydrogens is 240 g/mol. The van der Waals surface area contributed by atoms with Gasteiger partial charge in [0.25, 0.3) is 0 Å². The highest BCUT2D eigenvalue weighted by atomic mass is 16.5. The largest absolute Gasteiger partial charge is 0.469 e. The van der Waals surface area contributed by atoms with Crippen LogP contribution in [0.2, 0.25) is 0 Å². The first-order valence-corrected chi connectivity index (χ1v) is 7.01. The second kappa shape index (κ2) is 8.70. The van der Waals surface area contributed by atoms with Gasteiger partial charge in [-0.2, -0.15) is 0 Å². The molecule has 0 amide bonds. The molecule has 0 aliphatic rings. The Kier molecular flexibility index (Phi) is 7.19. The molecule has 3 nitrogen and oxygen atoms in total. The number of hydrogen-bond acceptors (Lipinski definition) is 3. The molecule has 1 N–H and O–H groups in total. The van der Waals surface area contributed by atoms with E-state index in [4.69, 9.17) is 0 Å². The number of carbonyl (C=O) groups is 1. The Balaban J connectivity index is 2.44. The zero-order chi connectivity index (χ0) is 14.1. The van der Waals surface area contributed by atoms with Crippen LogP contribution in [0.1, 0.15) is 56.3 Å². The molecule has 1 aromatic rings. The van der Waals surface area contributed by atoms with Gasteiger partial charge >= 0.3 is 5.97 Å². The Labute approximate surface area is 115 Å². The van der Waals surface area contributed by atoms with E-state index in [2.05, 4.69) is 11.7 Å². The average molecular weight is 264 g/mol. The van der Waals surface area contributed by atoms with Crippen LogP contribution in [-0.2, 0) is 16.0 Å². The number of ether oxygens (including phenoxy) is 1. The maximum atomic E-state index is 11.0. The summed E-state index contributed by atoms with van der Waals surface area (Å²) in [5.74, 6) is -0.191. The van der Waals surface area contributed by atoms with Crippen LogP contribution in [0.4, 0.5) is 0 Å². The van der Waals surface area contributed by atoms with Crippen molar-refractivity contribution in [2.24, 2.45) is 0 Å². The average Bonchev–Trinajstić information content (AvgIpc) is 2.45. The van der Waals surface area contributed by atoms with Crippen molar-refractivity contribution in [2.45, 2.75) is 51.6 Å². The highest BCUT2D eigenvalue weighted by molar-refractivity contribution is 5.69. The number of rotatable bonds is 8. The number of carbonyl (C=O) groups excluding carboxylic acids is 1. The summed E-state index contributed by atoms with van der Waals surface area (Å²) in [4.78, 5) is 11.0. The summed E-state index contributed by atoms with van der Waals surface area (Å²) < 4.78 is 4.61. The van der Waals surface area contributed by atoms with Gasteiger partial charge in [0.1, 0.15) is 0 Å². The molecule has 0 saturated carbocycles. The zero-order valence-electron chi connectivity index (χ0n) is 11.9. The third kappa shape index (κ3) is 5.88. The van der Waals surface area contributed by atoms with Crippen molar-refractivity contribution in [3.8, 4) is 0 Å². The molecule has 0 saturated heterocycles. The molecule has 1 rings (SSSR count). The number of hydrogen-bond donors (Lipinski definition) is 1. The Morgan fingerprint density at radius 1 is 1.26 bits per heavy atom. The van der Waals surface area contributed by atoms with Crippen molar-refractivity contribution < 1.29 is 14.6 Å². The number of benzene rings is 1. The summed E-state index contributed by atoms with van der Waals surface area (Å²) in [6.45, 7) is 2.16. The molecule has 0 aromatic heterocycles. The maximum absolute atomic E-state index is 11.0. The van der Waals surface area contributed by atoms with Crippen LogP contribution in [0, 0.1) is 0 Å². The first kappa shape index (κ1) is 15.7. The van der Waals surface area contributed by atoms with E-state index in [1.165, 1.54) is 13.5 Å². The first-order chi connectivity index (χ1) is 9.17. The van der Waals surface area contributed by atoms with Crippen molar-refractivity contribution in [3.05, 3.63) is 35.4 Å². The van der Waals surface area contributed by atoms with Gasteiger partial charge in [-0.1, -0.05) is 50.5 Å². The number of aryl methyl sites for hydroxylation is 1. The lowest BCUT2D eigenvalue weighted by Gasteiger charge is -2.11. The third-order valence-corrected chi connectivity index (χ3v) is 3.29. The first-order valence-electron chi connectivity index (χ1n) is 7.01. The fourth-order valence-electron chi connectivity index (χ4n) is 2.01. The minimum Gasteiger partial charge on any atom is -0.469 e.